The summed E-state index contributed by atoms with van der Waals surface area (Å²) < 4.78 is 10.2. The Hall–Kier alpha value is -3.15. The van der Waals surface area contributed by atoms with E-state index in [4.69, 9.17) is 4.42 Å². The average Bonchev–Trinajstić information content (AvgIpc) is 3.08. The molecule has 44 heavy (non-hydrogen) atoms. The van der Waals surface area contributed by atoms with Gasteiger partial charge in [0.15, 0.2) is 0 Å². The van der Waals surface area contributed by atoms with Gasteiger partial charge in [-0.2, -0.15) is 0 Å². The molecule has 2 aliphatic rings. The van der Waals surface area contributed by atoms with Crippen LogP contribution in [-0.2, 0) is 0 Å². The van der Waals surface area contributed by atoms with E-state index < -0.39 is 0 Å². The Morgan fingerprint density at radius 2 is 1.36 bits per heavy atom. The Morgan fingerprint density at radius 3 is 1.91 bits per heavy atom. The Morgan fingerprint density at radius 1 is 0.727 bits per heavy atom. The molecule has 0 amide bonds. The van der Waals surface area contributed by atoms with Crippen molar-refractivity contribution in [2.75, 3.05) is 64.3 Å². The summed E-state index contributed by atoms with van der Waals surface area (Å²) in [5.41, 5.74) is 10.2. The lowest BCUT2D eigenvalue weighted by atomic mass is 9.93. The van der Waals surface area contributed by atoms with E-state index in [9.17, 15) is 0 Å². The molecule has 242 valence electrons. The van der Waals surface area contributed by atoms with Crippen LogP contribution in [0.5, 0.6) is 0 Å². The van der Waals surface area contributed by atoms with Gasteiger partial charge in [-0.3, -0.25) is 0 Å². The predicted molar refractivity (Wildman–Crippen MR) is 195 cm³/mol. The second-order valence-corrected chi connectivity index (χ2v) is 11.3. The van der Waals surface area contributed by atoms with Crippen molar-refractivity contribution >= 4 is 16.7 Å². The maximum atomic E-state index is 6.51. The second-order valence-electron chi connectivity index (χ2n) is 11.3. The minimum absolute atomic E-state index is 0.933. The van der Waals surface area contributed by atoms with E-state index in [1.807, 2.05) is 0 Å². The summed E-state index contributed by atoms with van der Waals surface area (Å²) >= 11 is 0. The highest BCUT2D eigenvalue weighted by atomic mass is 16.3. The van der Waals surface area contributed by atoms with E-state index in [2.05, 4.69) is 137 Å². The number of hydrogen-bond acceptors (Lipinski definition) is 3. The molecule has 0 bridgehead atoms. The van der Waals surface area contributed by atoms with Crippen molar-refractivity contribution in [3.05, 3.63) is 72.1 Å². The first-order chi connectivity index (χ1) is 21.4. The lowest BCUT2D eigenvalue weighted by molar-refractivity contribution is -0.923. The molecule has 0 fully saturated rings. The summed E-state index contributed by atoms with van der Waals surface area (Å²) in [5, 5.41) is 2.36. The number of hydrogen-bond donors (Lipinski definition) is 1. The van der Waals surface area contributed by atoms with Crippen molar-refractivity contribution in [2.45, 2.75) is 74.7 Å². The van der Waals surface area contributed by atoms with Crippen molar-refractivity contribution < 1.29 is 8.90 Å². The zero-order chi connectivity index (χ0) is 32.5. The van der Waals surface area contributed by atoms with Crippen molar-refractivity contribution in [1.29, 1.82) is 0 Å². The maximum absolute atomic E-state index is 6.51. The van der Waals surface area contributed by atoms with E-state index in [0.717, 1.165) is 48.5 Å². The smallest absolute Gasteiger partial charge is 0.203 e. The molecule has 1 aliphatic carbocycles. The molecule has 4 rings (SSSR count). The highest BCUT2D eigenvalue weighted by Crippen LogP contribution is 2.40. The normalized spacial score (nSPS) is 11.0. The van der Waals surface area contributed by atoms with Crippen LogP contribution >= 0.6 is 0 Å². The van der Waals surface area contributed by atoms with Crippen LogP contribution in [0.1, 0.15) is 74.7 Å². The van der Waals surface area contributed by atoms with Crippen molar-refractivity contribution in [1.82, 2.24) is 4.58 Å². The molecule has 5 nitrogen and oxygen atoms in total. The number of rotatable bonds is 13. The molecule has 1 heterocycles. The van der Waals surface area contributed by atoms with Crippen LogP contribution in [-0.4, -0.2) is 63.9 Å². The monoisotopic (exact) mass is 602 g/mol. The molecule has 0 aromatic heterocycles. The molecule has 0 saturated carbocycles. The summed E-state index contributed by atoms with van der Waals surface area (Å²) in [6.45, 7) is 27.2. The van der Waals surface area contributed by atoms with Gasteiger partial charge in [0.1, 0.15) is 24.4 Å². The number of quaternary nitrogens is 1. The third kappa shape index (κ3) is 9.18. The predicted octanol–water partition coefficient (Wildman–Crippen LogP) is 8.49. The number of nitrogens with two attached hydrogens (primary N) is 1. The number of anilines is 1. The molecule has 0 spiro atoms. The summed E-state index contributed by atoms with van der Waals surface area (Å²) in [6, 6.07) is 23.9. The first-order valence-corrected chi connectivity index (χ1v) is 17.3. The van der Waals surface area contributed by atoms with E-state index in [-0.39, 0.29) is 0 Å². The lowest BCUT2D eigenvalue weighted by Crippen LogP contribution is -2.48. The minimum atomic E-state index is 0.933. The summed E-state index contributed by atoms with van der Waals surface area (Å²) in [5.74, 6) is 0.933. The van der Waals surface area contributed by atoms with Crippen LogP contribution in [0.4, 0.5) is 5.69 Å². The van der Waals surface area contributed by atoms with Gasteiger partial charge in [-0.15, -0.1) is 0 Å². The molecule has 0 atom stereocenters. The topological polar surface area (TPSA) is 45.4 Å². The van der Waals surface area contributed by atoms with Gasteiger partial charge in [0.25, 0.3) is 0 Å². The summed E-state index contributed by atoms with van der Waals surface area (Å²) in [7, 11) is 1.50. The van der Waals surface area contributed by atoms with E-state index in [0.29, 0.717) is 0 Å². The molecular formula is C39H62N4O+2. The van der Waals surface area contributed by atoms with Crippen LogP contribution in [0.25, 0.3) is 33.4 Å². The van der Waals surface area contributed by atoms with Gasteiger partial charge >= 0.3 is 0 Å². The second kappa shape index (κ2) is 19.3. The standard InChI is InChI=1S/C27H31N2O.C11H26N.CH5N/c1-5-28(6-2)21-14-16-23-25(18-21)30-26-19-22(29(7-3)8-4)15-17-24(26)27(23)20-12-10-9-11-13-20;1-5-9-10-11-12(6-2,7-3)8-4;1-2/h9-19H,5-8H2,1-4H3;5-11H2,1-4H3;2H2,1H3/q2*+1;. The van der Waals surface area contributed by atoms with Crippen LogP contribution in [0.15, 0.2) is 71.1 Å². The van der Waals surface area contributed by atoms with Crippen molar-refractivity contribution in [2.24, 2.45) is 5.73 Å². The summed E-state index contributed by atoms with van der Waals surface area (Å²) in [4.78, 5) is 2.35. The minimum Gasteiger partial charge on any atom is -0.456 e. The number of fused-ring (bicyclic) bond motifs is 2. The van der Waals surface area contributed by atoms with Crippen LogP contribution < -0.4 is 20.6 Å². The zero-order valence-electron chi connectivity index (χ0n) is 29.5. The highest BCUT2D eigenvalue weighted by molar-refractivity contribution is 6.02. The molecule has 1 aliphatic heterocycles. The average molecular weight is 603 g/mol. The van der Waals surface area contributed by atoms with Gasteiger partial charge in [-0.1, -0.05) is 43.7 Å². The lowest BCUT2D eigenvalue weighted by Gasteiger charge is -2.35. The first-order valence-electron chi connectivity index (χ1n) is 17.3. The molecule has 0 radical (unpaired) electrons. The summed E-state index contributed by atoms with van der Waals surface area (Å²) in [6.07, 6.45) is 4.16. The zero-order valence-corrected chi connectivity index (χ0v) is 29.5. The van der Waals surface area contributed by atoms with Crippen LogP contribution in [0.2, 0.25) is 0 Å². The van der Waals surface area contributed by atoms with E-state index in [1.54, 1.807) is 0 Å². The quantitative estimate of drug-likeness (QED) is 0.0722. The molecule has 2 aromatic carbocycles. The maximum Gasteiger partial charge on any atom is 0.203 e. The third-order valence-electron chi connectivity index (χ3n) is 9.26. The van der Waals surface area contributed by atoms with Crippen molar-refractivity contribution in [3.8, 4) is 22.5 Å². The molecule has 2 N–H and O–H groups in total. The van der Waals surface area contributed by atoms with Gasteiger partial charge < -0.3 is 19.5 Å². The number of benzene rings is 3. The Bertz CT molecular complexity index is 1390. The molecule has 5 heteroatoms. The van der Waals surface area contributed by atoms with Crippen LogP contribution in [0.3, 0.4) is 0 Å². The third-order valence-corrected chi connectivity index (χ3v) is 9.26. The fraction of sp³-hybridized carbons (Fsp3) is 0.513. The largest absolute Gasteiger partial charge is 0.456 e. The molecule has 2 aromatic rings. The Labute approximate surface area is 268 Å². The number of unbranched alkanes of at least 4 members (excludes halogenated alkanes) is 2. The highest BCUT2D eigenvalue weighted by Gasteiger charge is 2.20. The fourth-order valence-electron chi connectivity index (χ4n) is 6.20. The fourth-order valence-corrected chi connectivity index (χ4v) is 6.20. The number of nitrogens with zero attached hydrogens (tertiary/aromatic N) is 3. The molecule has 0 saturated heterocycles. The van der Waals surface area contributed by atoms with Gasteiger partial charge in [-0.05, 0) is 92.1 Å². The van der Waals surface area contributed by atoms with Crippen molar-refractivity contribution in [3.63, 3.8) is 0 Å². The van der Waals surface area contributed by atoms with E-state index >= 15 is 0 Å². The van der Waals surface area contributed by atoms with Gasteiger partial charge in [-0.25, -0.2) is 4.58 Å². The first kappa shape index (κ1) is 37.0. The molecular weight excluding hydrogens is 540 g/mol. The van der Waals surface area contributed by atoms with E-state index in [1.165, 1.54) is 79.1 Å². The Kier molecular flexibility index (Phi) is 16.2. The van der Waals surface area contributed by atoms with Gasteiger partial charge in [0.05, 0.1) is 32.2 Å². The Balaban J connectivity index is 0.000000409. The SMILES string of the molecule is CCCCC[N+](CC)(CC)CC.CCN(CC)c1ccc2c(-c3ccccc3)c3ccc(=[N+](CC)CC)cc-3oc2c1.CN. The van der Waals surface area contributed by atoms with Gasteiger partial charge in [0, 0.05) is 47.4 Å². The van der Waals surface area contributed by atoms with Crippen LogP contribution in [0, 0.1) is 0 Å². The molecule has 0 unspecified atom stereocenters. The van der Waals surface area contributed by atoms with Gasteiger partial charge in [0.2, 0.25) is 5.36 Å².